The lowest BCUT2D eigenvalue weighted by molar-refractivity contribution is -0.123. The second-order valence-corrected chi connectivity index (χ2v) is 8.48. The number of rotatable bonds is 4. The average Bonchev–Trinajstić information content (AvgIpc) is 2.86. The molecule has 23 heavy (non-hydrogen) atoms. The maximum atomic E-state index is 12.5. The fourth-order valence-electron chi connectivity index (χ4n) is 2.02. The molecule has 0 radical (unpaired) electrons. The molecule has 0 amide bonds. The van der Waals surface area contributed by atoms with Crippen LogP contribution in [-0.2, 0) is 14.6 Å². The van der Waals surface area contributed by atoms with E-state index in [0.29, 0.717) is 5.69 Å². The molecule has 0 saturated heterocycles. The summed E-state index contributed by atoms with van der Waals surface area (Å²) in [6, 6.07) is 5.51. The van der Waals surface area contributed by atoms with Gasteiger partial charge in [0.05, 0.1) is 5.69 Å². The Morgan fingerprint density at radius 1 is 1.22 bits per heavy atom. The van der Waals surface area contributed by atoms with Crippen LogP contribution >= 0.6 is 0 Å². The Morgan fingerprint density at radius 2 is 1.87 bits per heavy atom. The van der Waals surface area contributed by atoms with E-state index in [1.54, 1.807) is 26.8 Å². The molecular formula is C15H20N4O3S. The maximum Gasteiger partial charge on any atom is 0.272 e. The number of ketones is 1. The second-order valence-electron chi connectivity index (χ2n) is 6.60. The van der Waals surface area contributed by atoms with E-state index in [0.717, 1.165) is 11.1 Å². The minimum Gasteiger partial charge on any atom is -0.298 e. The SMILES string of the molecule is Cc1ccc(-n2nnnc2S(=O)(=O)CC(=O)C(C)(C)C)c(C)c1. The topological polar surface area (TPSA) is 94.8 Å². The zero-order valence-electron chi connectivity index (χ0n) is 13.9. The van der Waals surface area contributed by atoms with Crippen molar-refractivity contribution >= 4 is 15.6 Å². The van der Waals surface area contributed by atoms with Crippen molar-refractivity contribution in [3.63, 3.8) is 0 Å². The van der Waals surface area contributed by atoms with E-state index in [1.807, 2.05) is 26.0 Å². The molecule has 0 bridgehead atoms. The molecule has 0 N–H and O–H groups in total. The zero-order chi connectivity index (χ0) is 17.4. The summed E-state index contributed by atoms with van der Waals surface area (Å²) in [4.78, 5) is 12.1. The number of Topliss-reactive ketones (excluding diaryl/α,β-unsaturated/α-hetero) is 1. The average molecular weight is 336 g/mol. The van der Waals surface area contributed by atoms with Crippen molar-refractivity contribution in [3.05, 3.63) is 29.3 Å². The molecule has 0 saturated carbocycles. The first-order valence-electron chi connectivity index (χ1n) is 7.14. The third kappa shape index (κ3) is 3.64. The summed E-state index contributed by atoms with van der Waals surface area (Å²) in [5, 5.41) is 10.6. The first kappa shape index (κ1) is 17.3. The van der Waals surface area contributed by atoms with Gasteiger partial charge >= 0.3 is 0 Å². The van der Waals surface area contributed by atoms with Crippen molar-refractivity contribution in [2.24, 2.45) is 5.41 Å². The molecule has 0 spiro atoms. The summed E-state index contributed by atoms with van der Waals surface area (Å²) in [5.41, 5.74) is 1.72. The first-order valence-corrected chi connectivity index (χ1v) is 8.79. The zero-order valence-corrected chi connectivity index (χ0v) is 14.7. The van der Waals surface area contributed by atoms with E-state index in [-0.39, 0.29) is 10.9 Å². The maximum absolute atomic E-state index is 12.5. The van der Waals surface area contributed by atoms with Crippen LogP contribution < -0.4 is 0 Å². The smallest absolute Gasteiger partial charge is 0.272 e. The monoisotopic (exact) mass is 336 g/mol. The third-order valence-corrected chi connectivity index (χ3v) is 4.91. The van der Waals surface area contributed by atoms with Crippen LogP contribution in [0.25, 0.3) is 5.69 Å². The normalized spacial score (nSPS) is 12.4. The molecular weight excluding hydrogens is 316 g/mol. The van der Waals surface area contributed by atoms with Gasteiger partial charge in [0.15, 0.2) is 5.78 Å². The van der Waals surface area contributed by atoms with Gasteiger partial charge in [-0.1, -0.05) is 43.6 Å². The lowest BCUT2D eigenvalue weighted by atomic mass is 9.92. The molecule has 0 aliphatic rings. The summed E-state index contributed by atoms with van der Waals surface area (Å²) >= 11 is 0. The van der Waals surface area contributed by atoms with Crippen LogP contribution in [0.5, 0.6) is 0 Å². The Hall–Kier alpha value is -2.09. The molecule has 124 valence electrons. The van der Waals surface area contributed by atoms with Crippen LogP contribution in [0.1, 0.15) is 31.9 Å². The molecule has 0 unspecified atom stereocenters. The Morgan fingerprint density at radius 3 is 2.43 bits per heavy atom. The van der Waals surface area contributed by atoms with E-state index < -0.39 is 21.0 Å². The largest absolute Gasteiger partial charge is 0.298 e. The van der Waals surface area contributed by atoms with Crippen molar-refractivity contribution in [2.75, 3.05) is 5.75 Å². The molecule has 1 heterocycles. The van der Waals surface area contributed by atoms with Crippen LogP contribution in [0, 0.1) is 19.3 Å². The van der Waals surface area contributed by atoms with E-state index in [1.165, 1.54) is 4.68 Å². The fraction of sp³-hybridized carbons (Fsp3) is 0.467. The van der Waals surface area contributed by atoms with Gasteiger partial charge in [-0.2, -0.15) is 4.68 Å². The van der Waals surface area contributed by atoms with E-state index in [2.05, 4.69) is 15.5 Å². The Balaban J connectivity index is 2.47. The standard InChI is InChI=1S/C15H20N4O3S/c1-10-6-7-12(11(2)8-10)19-14(16-17-18-19)23(21,22)9-13(20)15(3,4)5/h6-8H,9H2,1-5H3. The van der Waals surface area contributed by atoms with Gasteiger partial charge in [-0.05, 0) is 35.9 Å². The molecule has 0 fully saturated rings. The van der Waals surface area contributed by atoms with E-state index >= 15 is 0 Å². The number of carbonyl (C=O) groups excluding carboxylic acids is 1. The van der Waals surface area contributed by atoms with Gasteiger partial charge < -0.3 is 0 Å². The molecule has 7 nitrogen and oxygen atoms in total. The van der Waals surface area contributed by atoms with Gasteiger partial charge in [0.1, 0.15) is 5.75 Å². The molecule has 0 aliphatic carbocycles. The number of aromatic nitrogens is 4. The highest BCUT2D eigenvalue weighted by molar-refractivity contribution is 7.92. The summed E-state index contributed by atoms with van der Waals surface area (Å²) < 4.78 is 26.2. The number of carbonyl (C=O) groups is 1. The van der Waals surface area contributed by atoms with E-state index in [9.17, 15) is 13.2 Å². The van der Waals surface area contributed by atoms with Crippen LogP contribution in [0.4, 0.5) is 0 Å². The Kier molecular flexibility index (Phi) is 4.39. The highest BCUT2D eigenvalue weighted by Gasteiger charge is 2.32. The molecule has 2 aromatic rings. The highest BCUT2D eigenvalue weighted by Crippen LogP contribution is 2.21. The van der Waals surface area contributed by atoms with Crippen LogP contribution in [0.3, 0.4) is 0 Å². The highest BCUT2D eigenvalue weighted by atomic mass is 32.2. The van der Waals surface area contributed by atoms with Crippen molar-refractivity contribution in [1.82, 2.24) is 20.2 Å². The Labute approximate surface area is 135 Å². The van der Waals surface area contributed by atoms with Gasteiger partial charge in [-0.25, -0.2) is 8.42 Å². The number of tetrazole rings is 1. The van der Waals surface area contributed by atoms with Gasteiger partial charge in [0, 0.05) is 5.41 Å². The summed E-state index contributed by atoms with van der Waals surface area (Å²) in [6.07, 6.45) is 0. The number of hydrogen-bond acceptors (Lipinski definition) is 6. The predicted octanol–water partition coefficient (Wildman–Crippen LogP) is 1.67. The summed E-state index contributed by atoms with van der Waals surface area (Å²) in [7, 11) is -3.93. The Bertz CT molecular complexity index is 848. The van der Waals surface area contributed by atoms with Crippen LogP contribution in [-0.4, -0.2) is 40.2 Å². The first-order chi connectivity index (χ1) is 10.5. The van der Waals surface area contributed by atoms with Gasteiger partial charge in [0.25, 0.3) is 5.16 Å². The quantitative estimate of drug-likeness (QED) is 0.843. The van der Waals surface area contributed by atoms with Crippen molar-refractivity contribution in [2.45, 2.75) is 39.8 Å². The number of hydrogen-bond donors (Lipinski definition) is 0. The van der Waals surface area contributed by atoms with Crippen LogP contribution in [0.2, 0.25) is 0 Å². The van der Waals surface area contributed by atoms with Crippen molar-refractivity contribution in [1.29, 1.82) is 0 Å². The van der Waals surface area contributed by atoms with Crippen LogP contribution in [0.15, 0.2) is 23.4 Å². The van der Waals surface area contributed by atoms with E-state index in [4.69, 9.17) is 0 Å². The number of nitrogens with zero attached hydrogens (tertiary/aromatic N) is 4. The minimum atomic E-state index is -3.93. The van der Waals surface area contributed by atoms with Gasteiger partial charge in [0.2, 0.25) is 9.84 Å². The predicted molar refractivity (Wildman–Crippen MR) is 85.1 cm³/mol. The molecule has 2 rings (SSSR count). The number of benzene rings is 1. The second kappa shape index (κ2) is 5.84. The van der Waals surface area contributed by atoms with Gasteiger partial charge in [-0.3, -0.25) is 4.79 Å². The third-order valence-electron chi connectivity index (χ3n) is 3.46. The molecule has 0 atom stereocenters. The van der Waals surface area contributed by atoms with Crippen molar-refractivity contribution in [3.8, 4) is 5.69 Å². The number of aryl methyl sites for hydroxylation is 2. The molecule has 8 heteroatoms. The lowest BCUT2D eigenvalue weighted by Gasteiger charge is -2.16. The fourth-order valence-corrected chi connectivity index (χ4v) is 3.49. The van der Waals surface area contributed by atoms with Gasteiger partial charge in [-0.15, -0.1) is 0 Å². The molecule has 0 aliphatic heterocycles. The molecule has 1 aromatic carbocycles. The van der Waals surface area contributed by atoms with Crippen molar-refractivity contribution < 1.29 is 13.2 Å². The minimum absolute atomic E-state index is 0.318. The summed E-state index contributed by atoms with van der Waals surface area (Å²) in [5.74, 6) is -1.01. The number of sulfone groups is 1. The molecule has 1 aromatic heterocycles. The lowest BCUT2D eigenvalue weighted by Crippen LogP contribution is -2.29. The summed E-state index contributed by atoms with van der Waals surface area (Å²) in [6.45, 7) is 8.82.